The van der Waals surface area contributed by atoms with Gasteiger partial charge >= 0.3 is 12.3 Å². The zero-order valence-corrected chi connectivity index (χ0v) is 29.0. The van der Waals surface area contributed by atoms with E-state index in [2.05, 4.69) is 20.1 Å². The standard InChI is InChI=1S/C21H24F3N7O8S.C10H12F2N/c22-21(23,24)39-14-1-3-15(4-2-14)40(36,37)30-6-5-29(12-16(30)20(34)35)19(33)13-31-26-17(25-27-31)11-18(32)28-7-9-38-10-8-28;1-2-10(11,12)9-5-3-8(7-13)4-6-9/h1-4,16H,5-13H2,(H,34,35);3-6,13H,2,7H2,1H3/q;-1/t16-;/m1./s1. The number of ether oxygens (including phenoxy) is 2. The first-order valence-corrected chi connectivity index (χ1v) is 17.5. The van der Waals surface area contributed by atoms with Crippen LogP contribution < -0.4 is 4.74 Å². The Labute approximate surface area is 300 Å². The molecule has 1 aromatic heterocycles. The summed E-state index contributed by atoms with van der Waals surface area (Å²) in [5.74, 6) is -5.65. The van der Waals surface area contributed by atoms with E-state index in [1.165, 1.54) is 19.1 Å². The lowest BCUT2D eigenvalue weighted by atomic mass is 10.0. The van der Waals surface area contributed by atoms with Gasteiger partial charge in [-0.2, -0.15) is 9.10 Å². The molecule has 2 N–H and O–H groups in total. The molecule has 1 atom stereocenters. The number of hydrogen-bond donors (Lipinski definition) is 1. The Bertz CT molecular complexity index is 1820. The molecule has 0 bridgehead atoms. The minimum absolute atomic E-state index is 0.0344. The van der Waals surface area contributed by atoms with Gasteiger partial charge in [-0.05, 0) is 29.5 Å². The number of nitrogens with one attached hydrogen (secondary N) is 1. The van der Waals surface area contributed by atoms with Crippen LogP contribution in [0.25, 0.3) is 5.73 Å². The van der Waals surface area contributed by atoms with Crippen LogP contribution in [0.5, 0.6) is 5.75 Å². The fraction of sp³-hybridized carbons (Fsp3) is 0.484. The number of carboxylic acids is 1. The molecule has 3 heterocycles. The van der Waals surface area contributed by atoms with E-state index < -0.39 is 70.5 Å². The average Bonchev–Trinajstić information content (AvgIpc) is 3.57. The Morgan fingerprint density at radius 3 is 2.15 bits per heavy atom. The van der Waals surface area contributed by atoms with Crippen LogP contribution in [0.3, 0.4) is 0 Å². The van der Waals surface area contributed by atoms with Gasteiger partial charge in [0, 0.05) is 44.7 Å². The molecular weight excluding hydrogens is 739 g/mol. The second-order valence-corrected chi connectivity index (χ2v) is 13.6. The van der Waals surface area contributed by atoms with Crippen molar-refractivity contribution in [3.05, 3.63) is 71.2 Å². The van der Waals surface area contributed by atoms with E-state index in [1.807, 2.05) is 0 Å². The molecule has 0 unspecified atom stereocenters. The minimum atomic E-state index is -4.97. The van der Waals surface area contributed by atoms with Gasteiger partial charge < -0.3 is 30.1 Å². The molecule has 16 nitrogen and oxygen atoms in total. The summed E-state index contributed by atoms with van der Waals surface area (Å²) >= 11 is 0. The Morgan fingerprint density at radius 1 is 0.943 bits per heavy atom. The van der Waals surface area contributed by atoms with E-state index >= 15 is 0 Å². The minimum Gasteiger partial charge on any atom is -0.674 e. The molecule has 53 heavy (non-hydrogen) atoms. The normalized spacial score (nSPS) is 17.2. The Balaban J connectivity index is 0.000000407. The van der Waals surface area contributed by atoms with Crippen molar-refractivity contribution in [2.24, 2.45) is 0 Å². The number of halogens is 5. The van der Waals surface area contributed by atoms with Crippen LogP contribution in [0.2, 0.25) is 0 Å². The quantitative estimate of drug-likeness (QED) is 0.281. The number of carbonyl (C=O) groups excluding carboxylic acids is 2. The van der Waals surface area contributed by atoms with Crippen molar-refractivity contribution in [2.75, 3.05) is 45.9 Å². The molecule has 2 aliphatic heterocycles. The monoisotopic (exact) mass is 775 g/mol. The number of carboxylic acid groups (broad SMARTS) is 1. The number of aromatic nitrogens is 4. The molecule has 2 saturated heterocycles. The molecule has 2 amide bonds. The molecule has 0 radical (unpaired) electrons. The summed E-state index contributed by atoms with van der Waals surface area (Å²) in [6.07, 6.45) is -5.29. The van der Waals surface area contributed by atoms with Crippen molar-refractivity contribution in [3.63, 3.8) is 0 Å². The molecule has 3 aromatic rings. The summed E-state index contributed by atoms with van der Waals surface area (Å²) in [5, 5.41) is 21.3. The zero-order chi connectivity index (χ0) is 39.0. The van der Waals surface area contributed by atoms with Crippen LogP contribution in [0.4, 0.5) is 22.0 Å². The average molecular weight is 776 g/mol. The molecule has 290 valence electrons. The Kier molecular flexibility index (Phi) is 13.4. The lowest BCUT2D eigenvalue weighted by Crippen LogP contribution is -2.59. The number of alkyl halides is 5. The predicted octanol–water partition coefficient (Wildman–Crippen LogP) is 2.70. The number of nitrogens with zero attached hydrogens (tertiary/aromatic N) is 7. The molecule has 22 heteroatoms. The zero-order valence-electron chi connectivity index (χ0n) is 28.2. The number of rotatable bonds is 11. The highest BCUT2D eigenvalue weighted by atomic mass is 32.2. The first-order chi connectivity index (χ1) is 24.9. The fourth-order valence-electron chi connectivity index (χ4n) is 5.20. The Morgan fingerprint density at radius 2 is 1.58 bits per heavy atom. The highest BCUT2D eigenvalue weighted by Gasteiger charge is 2.42. The van der Waals surface area contributed by atoms with Gasteiger partial charge in [0.1, 0.15) is 18.3 Å². The maximum absolute atomic E-state index is 13.1. The van der Waals surface area contributed by atoms with E-state index in [4.69, 9.17) is 10.5 Å². The molecule has 0 saturated carbocycles. The van der Waals surface area contributed by atoms with Gasteiger partial charge in [0.2, 0.25) is 21.8 Å². The van der Waals surface area contributed by atoms with Gasteiger partial charge in [-0.1, -0.05) is 36.8 Å². The summed E-state index contributed by atoms with van der Waals surface area (Å²) in [6.45, 7) is 1.83. The second kappa shape index (κ2) is 17.4. The van der Waals surface area contributed by atoms with Crippen LogP contribution >= 0.6 is 0 Å². The van der Waals surface area contributed by atoms with Gasteiger partial charge in [0.25, 0.3) is 5.92 Å². The van der Waals surface area contributed by atoms with E-state index in [9.17, 15) is 49.9 Å². The number of piperazine rings is 1. The number of benzene rings is 2. The Hall–Kier alpha value is -4.80. The van der Waals surface area contributed by atoms with Gasteiger partial charge in [-0.3, -0.25) is 14.4 Å². The molecule has 2 aromatic carbocycles. The van der Waals surface area contributed by atoms with E-state index in [1.54, 1.807) is 17.0 Å². The van der Waals surface area contributed by atoms with Gasteiger partial charge in [-0.25, -0.2) is 17.2 Å². The lowest BCUT2D eigenvalue weighted by molar-refractivity contribution is -0.274. The van der Waals surface area contributed by atoms with Crippen molar-refractivity contribution in [1.29, 1.82) is 0 Å². The van der Waals surface area contributed by atoms with Crippen molar-refractivity contribution < 1.29 is 59.3 Å². The second-order valence-electron chi connectivity index (χ2n) is 11.7. The lowest BCUT2D eigenvalue weighted by Gasteiger charge is -2.38. The van der Waals surface area contributed by atoms with Crippen molar-refractivity contribution in [1.82, 2.24) is 34.3 Å². The van der Waals surface area contributed by atoms with E-state index in [0.717, 1.165) is 39.5 Å². The predicted molar refractivity (Wildman–Crippen MR) is 173 cm³/mol. The number of tetrazole rings is 1. The van der Waals surface area contributed by atoms with Crippen LogP contribution in [-0.2, 0) is 54.6 Å². The van der Waals surface area contributed by atoms with Crippen LogP contribution in [0, 0.1) is 0 Å². The number of carbonyl (C=O) groups is 3. The molecule has 5 rings (SSSR count). The van der Waals surface area contributed by atoms with Gasteiger partial charge in [-0.15, -0.1) is 29.9 Å². The third-order valence-electron chi connectivity index (χ3n) is 8.10. The third kappa shape index (κ3) is 11.1. The number of aliphatic carboxylic acids is 1. The summed E-state index contributed by atoms with van der Waals surface area (Å²) in [4.78, 5) is 40.4. The van der Waals surface area contributed by atoms with Crippen LogP contribution in [0.15, 0.2) is 53.4 Å². The molecule has 0 spiro atoms. The van der Waals surface area contributed by atoms with Crippen LogP contribution in [0.1, 0.15) is 30.3 Å². The summed E-state index contributed by atoms with van der Waals surface area (Å²) in [7, 11) is -4.45. The van der Waals surface area contributed by atoms with Crippen molar-refractivity contribution in [2.45, 2.75) is 56.1 Å². The number of morpholine rings is 1. The fourth-order valence-corrected chi connectivity index (χ4v) is 6.76. The number of sulfonamides is 1. The smallest absolute Gasteiger partial charge is 0.573 e. The molecule has 2 fully saturated rings. The van der Waals surface area contributed by atoms with Crippen LogP contribution in [-0.4, -0.2) is 124 Å². The highest BCUT2D eigenvalue weighted by molar-refractivity contribution is 7.89. The highest BCUT2D eigenvalue weighted by Crippen LogP contribution is 2.31. The largest absolute Gasteiger partial charge is 0.674 e. The molecule has 0 aliphatic carbocycles. The number of amides is 2. The van der Waals surface area contributed by atoms with E-state index in [0.29, 0.717) is 30.6 Å². The maximum atomic E-state index is 13.1. The van der Waals surface area contributed by atoms with Crippen molar-refractivity contribution >= 4 is 27.8 Å². The summed E-state index contributed by atoms with van der Waals surface area (Å²) in [5.41, 5.74) is 7.82. The van der Waals surface area contributed by atoms with Crippen molar-refractivity contribution in [3.8, 4) is 5.75 Å². The van der Waals surface area contributed by atoms with E-state index in [-0.39, 0.29) is 43.2 Å². The van der Waals surface area contributed by atoms with Gasteiger partial charge in [0.15, 0.2) is 5.82 Å². The first-order valence-electron chi connectivity index (χ1n) is 16.1. The third-order valence-corrected chi connectivity index (χ3v) is 10.0. The number of hydrogen-bond acceptors (Lipinski definition) is 10. The molecule has 2 aliphatic rings. The summed E-state index contributed by atoms with van der Waals surface area (Å²) in [6, 6.07) is 7.60. The maximum Gasteiger partial charge on any atom is 0.573 e. The first kappa shape index (κ1) is 41.0. The molecular formula is C31H36F5N8O8S-. The van der Waals surface area contributed by atoms with Gasteiger partial charge in [0.05, 0.1) is 24.5 Å². The summed E-state index contributed by atoms with van der Waals surface area (Å²) < 4.78 is 99.1. The topological polar surface area (TPSA) is 201 Å². The SMILES string of the molecule is CCC(F)(F)c1ccc(C[NH-])cc1.O=C(O)[C@H]1CN(C(=O)Cn2nnc(CC(=O)N3CCOCC3)n2)CCN1S(=O)(=O)c1ccc(OC(F)(F)F)cc1.